The van der Waals surface area contributed by atoms with Crippen LogP contribution in [0.3, 0.4) is 0 Å². The van der Waals surface area contributed by atoms with Gasteiger partial charge in [-0.25, -0.2) is 4.98 Å². The van der Waals surface area contributed by atoms with E-state index < -0.39 is 0 Å². The molecular weight excluding hydrogens is 432 g/mol. The van der Waals surface area contributed by atoms with Crippen LogP contribution in [0.25, 0.3) is 22.2 Å². The highest BCUT2D eigenvalue weighted by atomic mass is 16.5. The van der Waals surface area contributed by atoms with Crippen molar-refractivity contribution in [1.29, 1.82) is 0 Å². The minimum Gasteiger partial charge on any atom is -0.493 e. The fraction of sp³-hybridized carbons (Fsp3) is 0.407. The molecular formula is C27H32N2O5. The molecule has 0 saturated carbocycles. The highest BCUT2D eigenvalue weighted by molar-refractivity contribution is 6.07. The van der Waals surface area contributed by atoms with Gasteiger partial charge in [0.1, 0.15) is 0 Å². The maximum absolute atomic E-state index is 13.7. The summed E-state index contributed by atoms with van der Waals surface area (Å²) in [6.45, 7) is 4.14. The summed E-state index contributed by atoms with van der Waals surface area (Å²) in [7, 11) is 4.73. The molecule has 2 heterocycles. The molecule has 180 valence electrons. The number of amides is 1. The zero-order valence-corrected chi connectivity index (χ0v) is 20.3. The van der Waals surface area contributed by atoms with Crippen LogP contribution < -0.4 is 14.2 Å². The molecule has 0 N–H and O–H groups in total. The van der Waals surface area contributed by atoms with Crippen LogP contribution in [0.1, 0.15) is 36.5 Å². The van der Waals surface area contributed by atoms with E-state index in [0.29, 0.717) is 35.1 Å². The number of ether oxygens (including phenoxy) is 4. The highest BCUT2D eigenvalue weighted by Gasteiger charge is 2.27. The second-order valence-corrected chi connectivity index (χ2v) is 8.37. The first-order valence-corrected chi connectivity index (χ1v) is 11.7. The molecule has 0 bridgehead atoms. The fourth-order valence-corrected chi connectivity index (χ4v) is 4.44. The Labute approximate surface area is 200 Å². The molecule has 3 aromatic rings. The molecule has 0 radical (unpaired) electrons. The van der Waals surface area contributed by atoms with Crippen LogP contribution in [-0.4, -0.2) is 62.9 Å². The van der Waals surface area contributed by atoms with Crippen molar-refractivity contribution in [3.05, 3.63) is 48.0 Å². The van der Waals surface area contributed by atoms with Crippen LogP contribution in [0.15, 0.2) is 42.5 Å². The predicted octanol–water partition coefficient (Wildman–Crippen LogP) is 4.96. The quantitative estimate of drug-likeness (QED) is 0.469. The first-order valence-electron chi connectivity index (χ1n) is 11.7. The van der Waals surface area contributed by atoms with Gasteiger partial charge in [-0.1, -0.05) is 25.1 Å². The number of piperidine rings is 1. The summed E-state index contributed by atoms with van der Waals surface area (Å²) in [5, 5.41) is 0.834. The number of benzene rings is 2. The number of fused-ring (bicyclic) bond motifs is 1. The van der Waals surface area contributed by atoms with Gasteiger partial charge in [-0.15, -0.1) is 0 Å². The molecule has 1 unspecified atom stereocenters. The van der Waals surface area contributed by atoms with E-state index in [1.54, 1.807) is 21.3 Å². The van der Waals surface area contributed by atoms with Crippen molar-refractivity contribution in [3.8, 4) is 28.5 Å². The largest absolute Gasteiger partial charge is 0.493 e. The van der Waals surface area contributed by atoms with Gasteiger partial charge in [0.15, 0.2) is 11.5 Å². The second kappa shape index (κ2) is 10.7. The van der Waals surface area contributed by atoms with E-state index in [0.717, 1.165) is 48.9 Å². The van der Waals surface area contributed by atoms with Gasteiger partial charge in [-0.2, -0.15) is 0 Å². The zero-order chi connectivity index (χ0) is 24.1. The van der Waals surface area contributed by atoms with Gasteiger partial charge in [0.05, 0.1) is 44.2 Å². The minimum atomic E-state index is -0.00269. The molecule has 2 aromatic carbocycles. The van der Waals surface area contributed by atoms with Crippen molar-refractivity contribution in [3.63, 3.8) is 0 Å². The Hall–Kier alpha value is -3.32. The number of hydrogen-bond acceptors (Lipinski definition) is 6. The number of methoxy groups -OCH3 is 3. The van der Waals surface area contributed by atoms with Crippen LogP contribution in [0.2, 0.25) is 0 Å². The van der Waals surface area contributed by atoms with E-state index in [1.165, 1.54) is 0 Å². The molecule has 1 amide bonds. The first-order chi connectivity index (χ1) is 16.6. The highest BCUT2D eigenvalue weighted by Crippen LogP contribution is 2.41. The lowest BCUT2D eigenvalue weighted by molar-refractivity contribution is 0.00217. The Bertz CT molecular complexity index is 1140. The third-order valence-electron chi connectivity index (χ3n) is 6.13. The Morgan fingerprint density at radius 2 is 1.79 bits per heavy atom. The van der Waals surface area contributed by atoms with E-state index in [4.69, 9.17) is 23.9 Å². The third-order valence-corrected chi connectivity index (χ3v) is 6.13. The number of likely N-dealkylation sites (tertiary alicyclic amines) is 1. The summed E-state index contributed by atoms with van der Waals surface area (Å²) < 4.78 is 22.5. The molecule has 7 nitrogen and oxygen atoms in total. The molecule has 1 atom stereocenters. The van der Waals surface area contributed by atoms with Crippen molar-refractivity contribution in [2.45, 2.75) is 32.3 Å². The number of carbonyl (C=O) groups excluding carboxylic acids is 1. The van der Waals surface area contributed by atoms with Gasteiger partial charge in [-0.05, 0) is 43.5 Å². The van der Waals surface area contributed by atoms with E-state index in [-0.39, 0.29) is 12.0 Å². The molecule has 1 fully saturated rings. The molecule has 7 heteroatoms. The monoisotopic (exact) mass is 464 g/mol. The van der Waals surface area contributed by atoms with E-state index in [1.807, 2.05) is 47.4 Å². The number of aromatic nitrogens is 1. The first kappa shape index (κ1) is 23.8. The van der Waals surface area contributed by atoms with Gasteiger partial charge in [-0.3, -0.25) is 4.79 Å². The maximum atomic E-state index is 13.7. The fourth-order valence-electron chi connectivity index (χ4n) is 4.44. The van der Waals surface area contributed by atoms with Crippen LogP contribution >= 0.6 is 0 Å². The molecule has 1 aliphatic heterocycles. The van der Waals surface area contributed by atoms with Crippen molar-refractivity contribution < 1.29 is 23.7 Å². The zero-order valence-electron chi connectivity index (χ0n) is 20.3. The average molecular weight is 465 g/mol. The van der Waals surface area contributed by atoms with Crippen molar-refractivity contribution in [2.24, 2.45) is 0 Å². The summed E-state index contributed by atoms with van der Waals surface area (Å²) in [5.74, 6) is 1.58. The molecule has 1 aromatic heterocycles. The number of rotatable bonds is 8. The van der Waals surface area contributed by atoms with Crippen molar-refractivity contribution >= 4 is 16.8 Å². The van der Waals surface area contributed by atoms with Gasteiger partial charge in [0.25, 0.3) is 5.91 Å². The number of hydrogen-bond donors (Lipinski definition) is 0. The van der Waals surface area contributed by atoms with Crippen molar-refractivity contribution in [1.82, 2.24) is 9.88 Å². The molecule has 34 heavy (non-hydrogen) atoms. The average Bonchev–Trinajstić information content (AvgIpc) is 2.90. The smallest absolute Gasteiger partial charge is 0.254 e. The normalized spacial score (nSPS) is 15.9. The Balaban J connectivity index is 1.77. The lowest BCUT2D eigenvalue weighted by Crippen LogP contribution is -2.43. The molecule has 1 saturated heterocycles. The third kappa shape index (κ3) is 4.80. The number of nitrogens with zero attached hydrogens (tertiary/aromatic N) is 2. The maximum Gasteiger partial charge on any atom is 0.254 e. The molecule has 0 aliphatic carbocycles. The number of para-hydroxylation sites is 1. The molecule has 1 aliphatic rings. The summed E-state index contributed by atoms with van der Waals surface area (Å²) in [5.41, 5.74) is 2.83. The summed E-state index contributed by atoms with van der Waals surface area (Å²) in [4.78, 5) is 20.5. The molecule has 0 spiro atoms. The second-order valence-electron chi connectivity index (χ2n) is 8.37. The topological polar surface area (TPSA) is 70.1 Å². The Morgan fingerprint density at radius 3 is 2.47 bits per heavy atom. The van der Waals surface area contributed by atoms with Crippen LogP contribution in [0, 0.1) is 0 Å². The lowest BCUT2D eigenvalue weighted by Gasteiger charge is -2.33. The van der Waals surface area contributed by atoms with Gasteiger partial charge >= 0.3 is 0 Å². The number of pyridine rings is 1. The van der Waals surface area contributed by atoms with Crippen molar-refractivity contribution in [2.75, 3.05) is 41.0 Å². The van der Waals surface area contributed by atoms with E-state index in [2.05, 4.69) is 6.92 Å². The predicted molar refractivity (Wildman–Crippen MR) is 132 cm³/mol. The standard InChI is InChI=1S/C27H32N2O5/c1-5-13-34-19-9-8-12-29(17-19)27(30)21-16-23(28-22-11-7-6-10-20(21)22)18-14-24(31-2)26(33-4)25(15-18)32-3/h6-7,10-11,14-16,19H,5,8-9,12-13,17H2,1-4H3. The van der Waals surface area contributed by atoms with Gasteiger partial charge in [0, 0.05) is 30.6 Å². The summed E-state index contributed by atoms with van der Waals surface area (Å²) in [6, 6.07) is 13.3. The van der Waals surface area contributed by atoms with Crippen LogP contribution in [0.5, 0.6) is 17.2 Å². The van der Waals surface area contributed by atoms with Crippen LogP contribution in [0.4, 0.5) is 0 Å². The minimum absolute atomic E-state index is 0.00269. The lowest BCUT2D eigenvalue weighted by atomic mass is 10.0. The molecule has 4 rings (SSSR count). The Morgan fingerprint density at radius 1 is 1.06 bits per heavy atom. The van der Waals surface area contributed by atoms with Gasteiger partial charge in [0.2, 0.25) is 5.75 Å². The van der Waals surface area contributed by atoms with E-state index in [9.17, 15) is 4.79 Å². The summed E-state index contributed by atoms with van der Waals surface area (Å²) in [6.07, 6.45) is 2.97. The van der Waals surface area contributed by atoms with Gasteiger partial charge < -0.3 is 23.8 Å². The Kier molecular flexibility index (Phi) is 7.53. The SMILES string of the molecule is CCCOC1CCCN(C(=O)c2cc(-c3cc(OC)c(OC)c(OC)c3)nc3ccccc23)C1. The number of carbonyl (C=O) groups is 1. The van der Waals surface area contributed by atoms with Crippen LogP contribution in [-0.2, 0) is 4.74 Å². The summed E-state index contributed by atoms with van der Waals surface area (Å²) >= 11 is 0. The van der Waals surface area contributed by atoms with E-state index >= 15 is 0 Å².